The fourth-order valence-corrected chi connectivity index (χ4v) is 2.51. The van der Waals surface area contributed by atoms with Gasteiger partial charge in [-0.15, -0.1) is 0 Å². The minimum atomic E-state index is -1.55. The van der Waals surface area contributed by atoms with Gasteiger partial charge in [-0.05, 0) is 43.5 Å². The van der Waals surface area contributed by atoms with E-state index in [1.54, 1.807) is 0 Å². The maximum absolute atomic E-state index is 11.2. The fourth-order valence-electron chi connectivity index (χ4n) is 1.91. The summed E-state index contributed by atoms with van der Waals surface area (Å²) in [7, 11) is 0. The number of hydrogen-bond donors (Lipinski definition) is 2. The van der Waals surface area contributed by atoms with E-state index in [1.807, 2.05) is 0 Å². The van der Waals surface area contributed by atoms with Crippen LogP contribution in [0.25, 0.3) is 10.8 Å². The molecule has 0 amide bonds. The zero-order valence-corrected chi connectivity index (χ0v) is 13.2. The first-order chi connectivity index (χ1) is 10.1. The number of carbonyl (C=O) groups is 2. The Morgan fingerprint density at radius 1 is 1.09 bits per heavy atom. The number of aromatic carboxylic acids is 1. The van der Waals surface area contributed by atoms with Crippen molar-refractivity contribution in [2.45, 2.75) is 19.4 Å². The minimum Gasteiger partial charge on any atom is -0.478 e. The van der Waals surface area contributed by atoms with Crippen molar-refractivity contribution in [2.24, 2.45) is 0 Å². The summed E-state index contributed by atoms with van der Waals surface area (Å²) in [6.45, 7) is 2.72. The highest BCUT2D eigenvalue weighted by Crippen LogP contribution is 2.37. The van der Waals surface area contributed by atoms with Gasteiger partial charge >= 0.3 is 11.9 Å². The number of benzene rings is 2. The Kier molecular flexibility index (Phi) is 4.22. The summed E-state index contributed by atoms with van der Waals surface area (Å²) in [6, 6.07) is 5.66. The maximum atomic E-state index is 11.2. The van der Waals surface area contributed by atoms with E-state index in [0.29, 0.717) is 15.8 Å². The van der Waals surface area contributed by atoms with Crippen LogP contribution in [0.15, 0.2) is 24.3 Å². The number of carboxylic acids is 2. The van der Waals surface area contributed by atoms with Crippen molar-refractivity contribution in [3.8, 4) is 5.75 Å². The van der Waals surface area contributed by atoms with Gasteiger partial charge in [0.05, 0.1) is 10.6 Å². The van der Waals surface area contributed by atoms with Crippen molar-refractivity contribution in [3.05, 3.63) is 39.9 Å². The first-order valence-corrected chi connectivity index (χ1v) is 6.96. The Morgan fingerprint density at radius 3 is 2.27 bits per heavy atom. The van der Waals surface area contributed by atoms with Crippen molar-refractivity contribution < 1.29 is 24.5 Å². The molecule has 0 atom stereocenters. The number of hydrogen-bond acceptors (Lipinski definition) is 3. The monoisotopic (exact) mass is 342 g/mol. The van der Waals surface area contributed by atoms with Crippen LogP contribution >= 0.6 is 23.2 Å². The highest BCUT2D eigenvalue weighted by molar-refractivity contribution is 6.39. The van der Waals surface area contributed by atoms with Gasteiger partial charge in [0, 0.05) is 10.4 Å². The van der Waals surface area contributed by atoms with Crippen LogP contribution in [-0.2, 0) is 4.79 Å². The quantitative estimate of drug-likeness (QED) is 0.874. The molecule has 0 aliphatic heterocycles. The summed E-state index contributed by atoms with van der Waals surface area (Å²) in [5, 5.41) is 19.8. The van der Waals surface area contributed by atoms with Crippen molar-refractivity contribution in [2.75, 3.05) is 0 Å². The molecule has 0 saturated carbocycles. The molecule has 2 rings (SSSR count). The molecule has 0 aliphatic carbocycles. The van der Waals surface area contributed by atoms with Crippen LogP contribution in [0, 0.1) is 0 Å². The van der Waals surface area contributed by atoms with Crippen molar-refractivity contribution in [1.82, 2.24) is 0 Å². The second kappa shape index (κ2) is 5.66. The van der Waals surface area contributed by atoms with Crippen LogP contribution in [0.4, 0.5) is 0 Å². The summed E-state index contributed by atoms with van der Waals surface area (Å²) >= 11 is 12.1. The van der Waals surface area contributed by atoms with Gasteiger partial charge < -0.3 is 14.9 Å². The van der Waals surface area contributed by atoms with Crippen LogP contribution in [0.5, 0.6) is 5.75 Å². The summed E-state index contributed by atoms with van der Waals surface area (Å²) in [6.07, 6.45) is 0. The van der Waals surface area contributed by atoms with Crippen molar-refractivity contribution in [3.63, 3.8) is 0 Å². The van der Waals surface area contributed by atoms with Gasteiger partial charge in [-0.2, -0.15) is 0 Å². The lowest BCUT2D eigenvalue weighted by Crippen LogP contribution is -2.38. The third kappa shape index (κ3) is 3.10. The zero-order valence-electron chi connectivity index (χ0n) is 11.7. The average molecular weight is 343 g/mol. The molecule has 22 heavy (non-hydrogen) atoms. The fraction of sp³-hybridized carbons (Fsp3) is 0.200. The van der Waals surface area contributed by atoms with Crippen LogP contribution in [-0.4, -0.2) is 27.8 Å². The lowest BCUT2D eigenvalue weighted by Gasteiger charge is -2.23. The Balaban J connectivity index is 2.75. The van der Waals surface area contributed by atoms with Crippen molar-refractivity contribution in [1.29, 1.82) is 0 Å². The number of aliphatic carboxylic acids is 1. The molecule has 2 aromatic carbocycles. The van der Waals surface area contributed by atoms with E-state index in [2.05, 4.69) is 0 Å². The molecule has 0 bridgehead atoms. The predicted octanol–water partition coefficient (Wildman–Crippen LogP) is 4.09. The van der Waals surface area contributed by atoms with E-state index < -0.39 is 17.5 Å². The molecule has 116 valence electrons. The highest BCUT2D eigenvalue weighted by Gasteiger charge is 2.30. The highest BCUT2D eigenvalue weighted by atomic mass is 35.5. The third-order valence-electron chi connectivity index (χ3n) is 3.06. The zero-order chi connectivity index (χ0) is 16.7. The number of halogens is 2. The van der Waals surface area contributed by atoms with Crippen LogP contribution in [0.3, 0.4) is 0 Å². The van der Waals surface area contributed by atoms with E-state index in [-0.39, 0.29) is 16.3 Å². The molecule has 0 aliphatic rings. The maximum Gasteiger partial charge on any atom is 0.347 e. The SMILES string of the molecule is CC(C)(Oc1cc(C(=O)O)cc2cc(Cl)cc(Cl)c12)C(=O)O. The molecule has 0 spiro atoms. The number of ether oxygens (including phenoxy) is 1. The molecule has 2 N–H and O–H groups in total. The molecule has 7 heteroatoms. The molecule has 0 heterocycles. The van der Waals surface area contributed by atoms with E-state index >= 15 is 0 Å². The topological polar surface area (TPSA) is 83.8 Å². The number of rotatable bonds is 4. The Labute approximate surface area is 136 Å². The van der Waals surface area contributed by atoms with Crippen LogP contribution < -0.4 is 4.74 Å². The molecule has 0 radical (unpaired) electrons. The van der Waals surface area contributed by atoms with E-state index in [1.165, 1.54) is 38.1 Å². The van der Waals surface area contributed by atoms with E-state index in [0.717, 1.165) is 0 Å². The minimum absolute atomic E-state index is 0.0537. The number of fused-ring (bicyclic) bond motifs is 1. The van der Waals surface area contributed by atoms with E-state index in [4.69, 9.17) is 27.9 Å². The second-order valence-corrected chi connectivity index (χ2v) is 6.03. The molecule has 0 aromatic heterocycles. The summed E-state index contributed by atoms with van der Waals surface area (Å²) in [5.74, 6) is -2.29. The summed E-state index contributed by atoms with van der Waals surface area (Å²) in [5.41, 5.74) is -1.60. The molecule has 2 aromatic rings. The van der Waals surface area contributed by atoms with Gasteiger partial charge in [-0.1, -0.05) is 23.2 Å². The first-order valence-electron chi connectivity index (χ1n) is 6.20. The standard InChI is InChI=1S/C15H12Cl2O5/c1-15(2,14(20)21)22-11-5-8(13(18)19)3-7-4-9(16)6-10(17)12(7)11/h3-6H,1-2H3,(H,18,19)(H,20,21). The Bertz CT molecular complexity index is 783. The van der Waals surface area contributed by atoms with Crippen LogP contribution in [0.1, 0.15) is 24.2 Å². The van der Waals surface area contributed by atoms with Gasteiger partial charge in [-0.25, -0.2) is 9.59 Å². The number of carboxylic acid groups (broad SMARTS) is 2. The first kappa shape index (κ1) is 16.4. The molecular weight excluding hydrogens is 331 g/mol. The smallest absolute Gasteiger partial charge is 0.347 e. The Hall–Kier alpha value is -1.98. The lowest BCUT2D eigenvalue weighted by atomic mass is 10.0. The third-order valence-corrected chi connectivity index (χ3v) is 3.57. The normalized spacial score (nSPS) is 11.5. The molecule has 0 saturated heterocycles. The lowest BCUT2D eigenvalue weighted by molar-refractivity contribution is -0.152. The summed E-state index contributed by atoms with van der Waals surface area (Å²) < 4.78 is 5.50. The van der Waals surface area contributed by atoms with Gasteiger partial charge in [-0.3, -0.25) is 0 Å². The van der Waals surface area contributed by atoms with Crippen LogP contribution in [0.2, 0.25) is 10.0 Å². The van der Waals surface area contributed by atoms with E-state index in [9.17, 15) is 19.8 Å². The molecule has 5 nitrogen and oxygen atoms in total. The summed E-state index contributed by atoms with van der Waals surface area (Å²) in [4.78, 5) is 22.5. The van der Waals surface area contributed by atoms with Gasteiger partial charge in [0.25, 0.3) is 0 Å². The molecule has 0 unspecified atom stereocenters. The average Bonchev–Trinajstić information content (AvgIpc) is 2.36. The largest absolute Gasteiger partial charge is 0.478 e. The van der Waals surface area contributed by atoms with Gasteiger partial charge in [0.2, 0.25) is 0 Å². The van der Waals surface area contributed by atoms with Crippen molar-refractivity contribution >= 4 is 45.9 Å². The van der Waals surface area contributed by atoms with Gasteiger partial charge in [0.1, 0.15) is 5.75 Å². The molecular formula is C15H12Cl2O5. The molecule has 0 fully saturated rings. The predicted molar refractivity (Wildman–Crippen MR) is 83.3 cm³/mol. The van der Waals surface area contributed by atoms with Gasteiger partial charge in [0.15, 0.2) is 5.60 Å². The second-order valence-electron chi connectivity index (χ2n) is 5.18. The Morgan fingerprint density at radius 2 is 1.73 bits per heavy atom.